The Morgan fingerprint density at radius 3 is 2.18 bits per heavy atom. The van der Waals surface area contributed by atoms with E-state index in [-0.39, 0.29) is 34.6 Å². The molecule has 1 fully saturated rings. The lowest BCUT2D eigenvalue weighted by Crippen LogP contribution is -2.42. The van der Waals surface area contributed by atoms with Gasteiger partial charge in [0, 0.05) is 17.4 Å². The highest BCUT2D eigenvalue weighted by atomic mass is 19.4. The lowest BCUT2D eigenvalue weighted by Gasteiger charge is -2.39. The minimum Gasteiger partial charge on any atom is -0.349 e. The second kappa shape index (κ2) is 8.12. The van der Waals surface area contributed by atoms with Crippen LogP contribution in [0, 0.1) is 0 Å². The average molecular weight is 469 g/mol. The molecule has 0 unspecified atom stereocenters. The number of halogens is 6. The predicted octanol–water partition coefficient (Wildman–Crippen LogP) is 5.46. The highest BCUT2D eigenvalue weighted by molar-refractivity contribution is 5.59. The number of nitrogens with one attached hydrogen (secondary N) is 2. The molecule has 174 valence electrons. The zero-order chi connectivity index (χ0) is 23.9. The zero-order valence-electron chi connectivity index (χ0n) is 17.1. The first-order chi connectivity index (χ1) is 15.4. The molecule has 0 amide bonds. The molecule has 0 aromatic carbocycles. The third-order valence-electron chi connectivity index (χ3n) is 5.08. The van der Waals surface area contributed by atoms with Crippen LogP contribution in [0.5, 0.6) is 0 Å². The van der Waals surface area contributed by atoms with E-state index in [4.69, 9.17) is 0 Å². The lowest BCUT2D eigenvalue weighted by atomic mass is 9.79. The molecule has 13 heteroatoms. The quantitative estimate of drug-likeness (QED) is 0.480. The standard InChI is InChI=1S/C20H17F6N7/c1-18(7-3-8-18)33-17-31-15(12-4-2-5-13(29-12)19(21,22)23)30-16(32-17)28-11-6-9-27-14(10-11)20(24,25)26/h2,4-6,9-10H,3,7-8H2,1H3,(H2,27,28,30,31,32,33). The molecule has 0 bridgehead atoms. The molecule has 33 heavy (non-hydrogen) atoms. The number of anilines is 3. The fraction of sp³-hybridized carbons (Fsp3) is 0.350. The lowest BCUT2D eigenvalue weighted by molar-refractivity contribution is -0.141. The summed E-state index contributed by atoms with van der Waals surface area (Å²) in [6, 6.07) is 5.33. The normalized spacial score (nSPS) is 15.6. The van der Waals surface area contributed by atoms with Crippen molar-refractivity contribution in [2.24, 2.45) is 0 Å². The van der Waals surface area contributed by atoms with Gasteiger partial charge in [-0.25, -0.2) is 4.98 Å². The van der Waals surface area contributed by atoms with Crippen molar-refractivity contribution >= 4 is 17.6 Å². The SMILES string of the molecule is CC1(Nc2nc(Nc3ccnc(C(F)(F)F)c3)nc(-c3cccc(C(F)(F)F)n3)n2)CCC1. The summed E-state index contributed by atoms with van der Waals surface area (Å²) in [5, 5.41) is 5.77. The number of alkyl halides is 6. The van der Waals surface area contributed by atoms with Crippen molar-refractivity contribution in [2.75, 3.05) is 10.6 Å². The van der Waals surface area contributed by atoms with Crippen molar-refractivity contribution in [1.29, 1.82) is 0 Å². The van der Waals surface area contributed by atoms with Crippen LogP contribution in [0.2, 0.25) is 0 Å². The first kappa shape index (κ1) is 22.7. The second-order valence-corrected chi connectivity index (χ2v) is 7.80. The molecule has 1 aliphatic rings. The van der Waals surface area contributed by atoms with Gasteiger partial charge in [0.15, 0.2) is 5.82 Å². The smallest absolute Gasteiger partial charge is 0.349 e. The Labute approximate surface area is 183 Å². The molecule has 0 aliphatic heterocycles. The van der Waals surface area contributed by atoms with Gasteiger partial charge in [-0.05, 0) is 50.5 Å². The van der Waals surface area contributed by atoms with Crippen molar-refractivity contribution in [3.05, 3.63) is 47.9 Å². The summed E-state index contributed by atoms with van der Waals surface area (Å²) >= 11 is 0. The van der Waals surface area contributed by atoms with Crippen LogP contribution in [0.1, 0.15) is 37.6 Å². The van der Waals surface area contributed by atoms with Crippen LogP contribution in [0.15, 0.2) is 36.5 Å². The Kier molecular flexibility index (Phi) is 5.58. The minimum absolute atomic E-state index is 0.00715. The van der Waals surface area contributed by atoms with Crippen molar-refractivity contribution in [3.8, 4) is 11.5 Å². The molecule has 0 radical (unpaired) electrons. The fourth-order valence-corrected chi connectivity index (χ4v) is 3.21. The van der Waals surface area contributed by atoms with E-state index >= 15 is 0 Å². The van der Waals surface area contributed by atoms with Gasteiger partial charge >= 0.3 is 12.4 Å². The van der Waals surface area contributed by atoms with E-state index in [1.807, 2.05) is 6.92 Å². The van der Waals surface area contributed by atoms with E-state index < -0.39 is 23.7 Å². The third-order valence-corrected chi connectivity index (χ3v) is 5.08. The Bertz CT molecular complexity index is 1160. The van der Waals surface area contributed by atoms with E-state index in [0.717, 1.165) is 37.6 Å². The molecule has 3 heterocycles. The van der Waals surface area contributed by atoms with Crippen LogP contribution in [0.3, 0.4) is 0 Å². The fourth-order valence-electron chi connectivity index (χ4n) is 3.21. The van der Waals surface area contributed by atoms with Gasteiger partial charge in [0.25, 0.3) is 0 Å². The molecule has 4 rings (SSSR count). The van der Waals surface area contributed by atoms with Gasteiger partial charge < -0.3 is 10.6 Å². The van der Waals surface area contributed by atoms with Crippen LogP contribution in [0.4, 0.5) is 43.9 Å². The molecular formula is C20H17F6N7. The molecule has 2 N–H and O–H groups in total. The van der Waals surface area contributed by atoms with Crippen LogP contribution >= 0.6 is 0 Å². The highest BCUT2D eigenvalue weighted by Crippen LogP contribution is 2.35. The molecular weight excluding hydrogens is 452 g/mol. The largest absolute Gasteiger partial charge is 0.433 e. The van der Waals surface area contributed by atoms with Gasteiger partial charge in [-0.3, -0.25) is 4.98 Å². The van der Waals surface area contributed by atoms with Gasteiger partial charge in [0.1, 0.15) is 17.1 Å². The van der Waals surface area contributed by atoms with Gasteiger partial charge in [0.2, 0.25) is 11.9 Å². The maximum atomic E-state index is 13.1. The Hall–Kier alpha value is -3.51. The molecule has 0 saturated heterocycles. The molecule has 7 nitrogen and oxygen atoms in total. The number of rotatable bonds is 5. The Morgan fingerprint density at radius 2 is 1.55 bits per heavy atom. The molecule has 0 atom stereocenters. The first-order valence-corrected chi connectivity index (χ1v) is 9.81. The van der Waals surface area contributed by atoms with Crippen LogP contribution in [-0.4, -0.2) is 30.5 Å². The third kappa shape index (κ3) is 5.29. The van der Waals surface area contributed by atoms with Gasteiger partial charge in [-0.2, -0.15) is 41.3 Å². The van der Waals surface area contributed by atoms with Crippen molar-refractivity contribution in [3.63, 3.8) is 0 Å². The summed E-state index contributed by atoms with van der Waals surface area (Å²) < 4.78 is 78.2. The average Bonchev–Trinajstić information content (AvgIpc) is 2.71. The van der Waals surface area contributed by atoms with E-state index in [1.54, 1.807) is 0 Å². The number of nitrogens with zero attached hydrogens (tertiary/aromatic N) is 5. The summed E-state index contributed by atoms with van der Waals surface area (Å²) in [6.07, 6.45) is -5.71. The van der Waals surface area contributed by atoms with Gasteiger partial charge in [0.05, 0.1) is 0 Å². The number of hydrogen-bond acceptors (Lipinski definition) is 7. The molecule has 3 aromatic rings. The summed E-state index contributed by atoms with van der Waals surface area (Å²) in [5.74, 6) is -0.271. The Morgan fingerprint density at radius 1 is 0.848 bits per heavy atom. The summed E-state index contributed by atoms with van der Waals surface area (Å²) in [4.78, 5) is 19.3. The number of pyridine rings is 2. The first-order valence-electron chi connectivity index (χ1n) is 9.81. The number of aromatic nitrogens is 5. The van der Waals surface area contributed by atoms with Crippen LogP contribution in [0.25, 0.3) is 11.5 Å². The van der Waals surface area contributed by atoms with E-state index in [2.05, 4.69) is 35.6 Å². The summed E-state index contributed by atoms with van der Waals surface area (Å²) in [6.45, 7) is 1.94. The highest BCUT2D eigenvalue weighted by Gasteiger charge is 2.35. The van der Waals surface area contributed by atoms with Crippen LogP contribution in [-0.2, 0) is 12.4 Å². The maximum absolute atomic E-state index is 13.1. The predicted molar refractivity (Wildman–Crippen MR) is 106 cm³/mol. The maximum Gasteiger partial charge on any atom is 0.433 e. The molecule has 3 aromatic heterocycles. The number of hydrogen-bond donors (Lipinski definition) is 2. The summed E-state index contributed by atoms with van der Waals surface area (Å²) in [7, 11) is 0. The summed E-state index contributed by atoms with van der Waals surface area (Å²) in [5.41, 5.74) is -2.73. The van der Waals surface area contributed by atoms with Crippen molar-refractivity contribution in [1.82, 2.24) is 24.9 Å². The second-order valence-electron chi connectivity index (χ2n) is 7.80. The van der Waals surface area contributed by atoms with Crippen LogP contribution < -0.4 is 10.6 Å². The topological polar surface area (TPSA) is 88.5 Å². The molecule has 1 saturated carbocycles. The van der Waals surface area contributed by atoms with Gasteiger partial charge in [-0.15, -0.1) is 0 Å². The molecule has 1 aliphatic carbocycles. The van der Waals surface area contributed by atoms with Crippen molar-refractivity contribution in [2.45, 2.75) is 44.1 Å². The monoisotopic (exact) mass is 469 g/mol. The van der Waals surface area contributed by atoms with Gasteiger partial charge in [-0.1, -0.05) is 6.07 Å². The molecule has 0 spiro atoms. The minimum atomic E-state index is -4.67. The Balaban J connectivity index is 1.73. The van der Waals surface area contributed by atoms with E-state index in [1.165, 1.54) is 18.2 Å². The van der Waals surface area contributed by atoms with E-state index in [0.29, 0.717) is 0 Å². The van der Waals surface area contributed by atoms with Crippen molar-refractivity contribution < 1.29 is 26.3 Å². The van der Waals surface area contributed by atoms with E-state index in [9.17, 15) is 26.3 Å². The zero-order valence-corrected chi connectivity index (χ0v) is 17.1.